The first-order valence-electron chi connectivity index (χ1n) is 3.60. The van der Waals surface area contributed by atoms with Gasteiger partial charge in [0.1, 0.15) is 0 Å². The van der Waals surface area contributed by atoms with E-state index in [1.54, 1.807) is 0 Å². The molecule has 0 aliphatic rings. The number of nitrogens with zero attached hydrogens (tertiary/aromatic N) is 2. The molecule has 0 unspecified atom stereocenters. The van der Waals surface area contributed by atoms with Crippen molar-refractivity contribution in [1.29, 1.82) is 0 Å². The lowest BCUT2D eigenvalue weighted by molar-refractivity contribution is 0.0689. The van der Waals surface area contributed by atoms with Crippen LogP contribution in [-0.4, -0.2) is 26.0 Å². The molecule has 0 amide bonds. The highest BCUT2D eigenvalue weighted by molar-refractivity contribution is 5.85. The smallest absolute Gasteiger partial charge is 0.356 e. The van der Waals surface area contributed by atoms with E-state index in [0.717, 1.165) is 0 Å². The highest BCUT2D eigenvalue weighted by Gasteiger charge is 2.10. The molecular weight excluding hydrogens is 160 g/mol. The molecule has 0 atom stereocenters. The maximum absolute atomic E-state index is 10.4. The third-order valence-corrected chi connectivity index (χ3v) is 1.54. The number of carboxylic acid groups (broad SMARTS) is 1. The van der Waals surface area contributed by atoms with Crippen molar-refractivity contribution in [1.82, 2.24) is 9.78 Å². The summed E-state index contributed by atoms with van der Waals surface area (Å²) in [6, 6.07) is 1.37. The Morgan fingerprint density at radius 3 is 2.75 bits per heavy atom. The lowest BCUT2D eigenvalue weighted by Crippen LogP contribution is -2.03. The Kier molecular flexibility index (Phi) is 2.44. The van der Waals surface area contributed by atoms with E-state index in [1.807, 2.05) is 6.92 Å². The molecule has 0 fully saturated rings. The molecule has 0 aromatic carbocycles. The topological polar surface area (TPSA) is 75.4 Å². The standard InChI is InChI=1S/C7H10N2O3/c1-2-9-5(4-10)3-6(8-9)7(11)12/h3,10H,2,4H2,1H3,(H,11,12). The van der Waals surface area contributed by atoms with Crippen molar-refractivity contribution in [2.75, 3.05) is 0 Å². The van der Waals surface area contributed by atoms with E-state index in [9.17, 15) is 4.79 Å². The molecule has 5 nitrogen and oxygen atoms in total. The zero-order chi connectivity index (χ0) is 9.14. The third kappa shape index (κ3) is 1.45. The molecule has 1 heterocycles. The minimum absolute atomic E-state index is 0.0269. The number of carboxylic acids is 1. The molecule has 0 saturated heterocycles. The van der Waals surface area contributed by atoms with Gasteiger partial charge in [0, 0.05) is 6.54 Å². The number of rotatable bonds is 3. The predicted molar refractivity (Wildman–Crippen MR) is 40.8 cm³/mol. The fraction of sp³-hybridized carbons (Fsp3) is 0.429. The van der Waals surface area contributed by atoms with Crippen LogP contribution in [0.25, 0.3) is 0 Å². The van der Waals surface area contributed by atoms with Crippen molar-refractivity contribution in [2.45, 2.75) is 20.1 Å². The Morgan fingerprint density at radius 1 is 1.75 bits per heavy atom. The molecule has 0 spiro atoms. The number of hydrogen-bond donors (Lipinski definition) is 2. The maximum Gasteiger partial charge on any atom is 0.356 e. The van der Waals surface area contributed by atoms with Crippen LogP contribution < -0.4 is 0 Å². The van der Waals surface area contributed by atoms with Gasteiger partial charge in [-0.3, -0.25) is 4.68 Å². The van der Waals surface area contributed by atoms with Gasteiger partial charge < -0.3 is 10.2 Å². The summed E-state index contributed by atoms with van der Waals surface area (Å²) in [4.78, 5) is 10.4. The van der Waals surface area contributed by atoms with Crippen LogP contribution in [0.4, 0.5) is 0 Å². The summed E-state index contributed by atoms with van der Waals surface area (Å²) in [5, 5.41) is 21.1. The summed E-state index contributed by atoms with van der Waals surface area (Å²) in [7, 11) is 0. The first-order chi connectivity index (χ1) is 5.69. The second-order valence-electron chi connectivity index (χ2n) is 2.30. The monoisotopic (exact) mass is 170 g/mol. The van der Waals surface area contributed by atoms with Crippen LogP contribution in [0.2, 0.25) is 0 Å². The average Bonchev–Trinajstić information content (AvgIpc) is 2.46. The number of aliphatic hydroxyl groups is 1. The summed E-state index contributed by atoms with van der Waals surface area (Å²) in [6.07, 6.45) is 0. The summed E-state index contributed by atoms with van der Waals surface area (Å²) in [6.45, 7) is 2.20. The average molecular weight is 170 g/mol. The van der Waals surface area contributed by atoms with Crippen molar-refractivity contribution in [3.8, 4) is 0 Å². The summed E-state index contributed by atoms with van der Waals surface area (Å²) < 4.78 is 1.46. The molecule has 0 radical (unpaired) electrons. The van der Waals surface area contributed by atoms with Crippen molar-refractivity contribution in [3.05, 3.63) is 17.5 Å². The number of aromatic carboxylic acids is 1. The van der Waals surface area contributed by atoms with Crippen molar-refractivity contribution < 1.29 is 15.0 Å². The second kappa shape index (κ2) is 3.36. The maximum atomic E-state index is 10.4. The van der Waals surface area contributed by atoms with Crippen LogP contribution in [0.5, 0.6) is 0 Å². The highest BCUT2D eigenvalue weighted by Crippen LogP contribution is 2.04. The van der Waals surface area contributed by atoms with Crippen LogP contribution in [0.3, 0.4) is 0 Å². The van der Waals surface area contributed by atoms with Crippen LogP contribution in [-0.2, 0) is 13.2 Å². The van der Waals surface area contributed by atoms with E-state index >= 15 is 0 Å². The Labute approximate surface area is 69.2 Å². The molecular formula is C7H10N2O3. The third-order valence-electron chi connectivity index (χ3n) is 1.54. The normalized spacial score (nSPS) is 10.2. The molecule has 1 aromatic heterocycles. The van der Waals surface area contributed by atoms with Crippen LogP contribution in [0.15, 0.2) is 6.07 Å². The quantitative estimate of drug-likeness (QED) is 0.674. The summed E-state index contributed by atoms with van der Waals surface area (Å²) in [5.41, 5.74) is 0.496. The van der Waals surface area contributed by atoms with Crippen LogP contribution in [0.1, 0.15) is 23.1 Å². The van der Waals surface area contributed by atoms with Gasteiger partial charge in [-0.25, -0.2) is 4.79 Å². The lowest BCUT2D eigenvalue weighted by atomic mass is 10.3. The van der Waals surface area contributed by atoms with E-state index in [2.05, 4.69) is 5.10 Å². The molecule has 1 rings (SSSR count). The van der Waals surface area contributed by atoms with E-state index in [0.29, 0.717) is 12.2 Å². The molecule has 5 heteroatoms. The van der Waals surface area contributed by atoms with Gasteiger partial charge in [0.15, 0.2) is 5.69 Å². The molecule has 0 aliphatic carbocycles. The Bertz CT molecular complexity index is 271. The summed E-state index contributed by atoms with van der Waals surface area (Å²) in [5.74, 6) is -1.07. The van der Waals surface area contributed by atoms with Gasteiger partial charge in [-0.1, -0.05) is 0 Å². The molecule has 0 bridgehead atoms. The van der Waals surface area contributed by atoms with Crippen molar-refractivity contribution in [3.63, 3.8) is 0 Å². The molecule has 12 heavy (non-hydrogen) atoms. The first-order valence-corrected chi connectivity index (χ1v) is 3.60. The number of hydrogen-bond acceptors (Lipinski definition) is 3. The second-order valence-corrected chi connectivity index (χ2v) is 2.30. The zero-order valence-electron chi connectivity index (χ0n) is 6.69. The summed E-state index contributed by atoms with van der Waals surface area (Å²) >= 11 is 0. The Hall–Kier alpha value is -1.36. The van der Waals surface area contributed by atoms with E-state index in [4.69, 9.17) is 10.2 Å². The SMILES string of the molecule is CCn1nc(C(=O)O)cc1CO. The van der Waals surface area contributed by atoms with E-state index in [-0.39, 0.29) is 12.3 Å². The zero-order valence-corrected chi connectivity index (χ0v) is 6.69. The molecule has 1 aromatic rings. The van der Waals surface area contributed by atoms with Crippen LogP contribution in [0, 0.1) is 0 Å². The van der Waals surface area contributed by atoms with Gasteiger partial charge in [-0.2, -0.15) is 5.10 Å². The fourth-order valence-electron chi connectivity index (χ4n) is 0.961. The number of aryl methyl sites for hydroxylation is 1. The molecule has 2 N–H and O–H groups in total. The van der Waals surface area contributed by atoms with E-state index < -0.39 is 5.97 Å². The number of carbonyl (C=O) groups is 1. The number of aromatic nitrogens is 2. The van der Waals surface area contributed by atoms with Gasteiger partial charge in [0.25, 0.3) is 0 Å². The van der Waals surface area contributed by atoms with Crippen LogP contribution >= 0.6 is 0 Å². The van der Waals surface area contributed by atoms with Crippen molar-refractivity contribution >= 4 is 5.97 Å². The van der Waals surface area contributed by atoms with Gasteiger partial charge in [0.2, 0.25) is 0 Å². The first kappa shape index (κ1) is 8.73. The molecule has 0 saturated carbocycles. The molecule has 0 aliphatic heterocycles. The van der Waals surface area contributed by atoms with Gasteiger partial charge in [0.05, 0.1) is 12.3 Å². The minimum atomic E-state index is -1.07. The Balaban J connectivity index is 3.05. The van der Waals surface area contributed by atoms with Gasteiger partial charge in [-0.05, 0) is 13.0 Å². The fourth-order valence-corrected chi connectivity index (χ4v) is 0.961. The highest BCUT2D eigenvalue weighted by atomic mass is 16.4. The van der Waals surface area contributed by atoms with Gasteiger partial charge in [-0.15, -0.1) is 0 Å². The lowest BCUT2D eigenvalue weighted by Gasteiger charge is -1.98. The van der Waals surface area contributed by atoms with Crippen molar-refractivity contribution in [2.24, 2.45) is 0 Å². The van der Waals surface area contributed by atoms with Gasteiger partial charge >= 0.3 is 5.97 Å². The minimum Gasteiger partial charge on any atom is -0.476 e. The Morgan fingerprint density at radius 2 is 2.42 bits per heavy atom. The predicted octanol–water partition coefficient (Wildman–Crippen LogP) is 0.0935. The largest absolute Gasteiger partial charge is 0.476 e. The van der Waals surface area contributed by atoms with E-state index in [1.165, 1.54) is 10.7 Å². The number of aliphatic hydroxyl groups excluding tert-OH is 1. The molecule has 66 valence electrons.